The number of hydrogen-bond donors (Lipinski definition) is 2. The average molecular weight is 321 g/mol. The largest absolute Gasteiger partial charge is 0.391 e. The summed E-state index contributed by atoms with van der Waals surface area (Å²) < 4.78 is 38.3. The number of alkyl halides is 3. The second-order valence-electron chi connectivity index (χ2n) is 5.89. The molecule has 0 unspecified atom stereocenters. The molecule has 2 nitrogen and oxygen atoms in total. The Morgan fingerprint density at radius 3 is 2.43 bits per heavy atom. The van der Waals surface area contributed by atoms with Crippen LogP contribution >= 0.6 is 11.6 Å². The number of aryl methyl sites for hydroxylation is 1. The fourth-order valence-corrected chi connectivity index (χ4v) is 3.04. The van der Waals surface area contributed by atoms with Gasteiger partial charge in [-0.2, -0.15) is 13.2 Å². The quantitative estimate of drug-likeness (QED) is 0.860. The van der Waals surface area contributed by atoms with Crippen LogP contribution in [0.3, 0.4) is 0 Å². The van der Waals surface area contributed by atoms with E-state index in [0.717, 1.165) is 11.3 Å². The second kappa shape index (κ2) is 6.05. The first kappa shape index (κ1) is 16.4. The van der Waals surface area contributed by atoms with Crippen LogP contribution in [-0.2, 0) is 0 Å². The Hall–Kier alpha value is -0.940. The van der Waals surface area contributed by atoms with Gasteiger partial charge in [0, 0.05) is 22.8 Å². The molecule has 1 aliphatic carbocycles. The van der Waals surface area contributed by atoms with Gasteiger partial charge in [0.25, 0.3) is 0 Å². The van der Waals surface area contributed by atoms with Gasteiger partial charge in [-0.05, 0) is 50.3 Å². The van der Waals surface area contributed by atoms with Crippen LogP contribution in [0.15, 0.2) is 18.2 Å². The molecule has 1 aliphatic rings. The molecule has 1 aromatic rings. The fourth-order valence-electron chi connectivity index (χ4n) is 2.85. The zero-order valence-corrected chi connectivity index (χ0v) is 12.7. The van der Waals surface area contributed by atoms with E-state index in [1.807, 2.05) is 19.1 Å². The lowest BCUT2D eigenvalue weighted by atomic mass is 9.76. The van der Waals surface area contributed by atoms with E-state index in [9.17, 15) is 13.2 Å². The van der Waals surface area contributed by atoms with E-state index < -0.39 is 17.6 Å². The van der Waals surface area contributed by atoms with Crippen molar-refractivity contribution in [2.75, 3.05) is 11.9 Å². The van der Waals surface area contributed by atoms with E-state index in [4.69, 9.17) is 17.3 Å². The molecule has 3 N–H and O–H groups in total. The molecular weight excluding hydrogens is 301 g/mol. The molecule has 1 aromatic carbocycles. The van der Waals surface area contributed by atoms with Crippen molar-refractivity contribution in [2.45, 2.75) is 44.3 Å². The molecule has 1 fully saturated rings. The van der Waals surface area contributed by atoms with Gasteiger partial charge in [-0.3, -0.25) is 0 Å². The monoisotopic (exact) mass is 320 g/mol. The first-order valence-electron chi connectivity index (χ1n) is 7.07. The number of benzene rings is 1. The summed E-state index contributed by atoms with van der Waals surface area (Å²) >= 11 is 6.08. The smallest absolute Gasteiger partial charge is 0.378 e. The molecule has 0 amide bonds. The normalized spacial score (nSPS) is 26.7. The first-order chi connectivity index (χ1) is 9.76. The van der Waals surface area contributed by atoms with Crippen molar-refractivity contribution in [1.29, 1.82) is 0 Å². The third kappa shape index (κ3) is 3.83. The Labute approximate surface area is 127 Å². The Balaban J connectivity index is 2.08. The summed E-state index contributed by atoms with van der Waals surface area (Å²) in [5, 5.41) is 3.94. The Morgan fingerprint density at radius 2 is 1.95 bits per heavy atom. The average Bonchev–Trinajstić information content (AvgIpc) is 2.42. The molecule has 0 aliphatic heterocycles. The maximum atomic E-state index is 12.8. The van der Waals surface area contributed by atoms with Gasteiger partial charge in [0.1, 0.15) is 0 Å². The Morgan fingerprint density at radius 1 is 1.33 bits per heavy atom. The lowest BCUT2D eigenvalue weighted by Gasteiger charge is -2.41. The molecule has 21 heavy (non-hydrogen) atoms. The minimum Gasteiger partial charge on any atom is -0.378 e. The maximum Gasteiger partial charge on any atom is 0.391 e. The standard InChI is InChI=1S/C15H20ClF3N2/c1-10-2-3-12(8-13(10)16)21-14(9-20)6-4-11(5-7-14)15(17,18)19/h2-3,8,11,21H,4-7,9,20H2,1H3. The molecule has 2 rings (SSSR count). The summed E-state index contributed by atoms with van der Waals surface area (Å²) in [6.07, 6.45) is -3.03. The zero-order chi connectivity index (χ0) is 15.7. The van der Waals surface area contributed by atoms with Crippen LogP contribution in [0.2, 0.25) is 5.02 Å². The van der Waals surface area contributed by atoms with Crippen molar-refractivity contribution >= 4 is 17.3 Å². The molecule has 0 aromatic heterocycles. The van der Waals surface area contributed by atoms with Crippen LogP contribution < -0.4 is 11.1 Å². The maximum absolute atomic E-state index is 12.8. The SMILES string of the molecule is Cc1ccc(NC2(CN)CCC(C(F)(F)F)CC2)cc1Cl. The van der Waals surface area contributed by atoms with Gasteiger partial charge < -0.3 is 11.1 Å². The fraction of sp³-hybridized carbons (Fsp3) is 0.600. The predicted molar refractivity (Wildman–Crippen MR) is 79.6 cm³/mol. The number of nitrogens with one attached hydrogen (secondary N) is 1. The van der Waals surface area contributed by atoms with Gasteiger partial charge in [-0.25, -0.2) is 0 Å². The Bertz CT molecular complexity index is 494. The van der Waals surface area contributed by atoms with Crippen molar-refractivity contribution in [3.63, 3.8) is 0 Å². The van der Waals surface area contributed by atoms with Gasteiger partial charge in [0.05, 0.1) is 5.92 Å². The summed E-state index contributed by atoms with van der Waals surface area (Å²) in [6, 6.07) is 5.56. The van der Waals surface area contributed by atoms with Gasteiger partial charge in [0.2, 0.25) is 0 Å². The van der Waals surface area contributed by atoms with Crippen molar-refractivity contribution in [2.24, 2.45) is 11.7 Å². The van der Waals surface area contributed by atoms with Crippen LogP contribution in [0.1, 0.15) is 31.2 Å². The zero-order valence-electron chi connectivity index (χ0n) is 11.9. The van der Waals surface area contributed by atoms with Crippen LogP contribution in [0, 0.1) is 12.8 Å². The van der Waals surface area contributed by atoms with E-state index in [-0.39, 0.29) is 12.8 Å². The van der Waals surface area contributed by atoms with E-state index in [0.29, 0.717) is 24.4 Å². The third-order valence-electron chi connectivity index (χ3n) is 4.38. The number of halogens is 4. The van der Waals surface area contributed by atoms with Gasteiger partial charge in [-0.15, -0.1) is 0 Å². The van der Waals surface area contributed by atoms with Crippen LogP contribution in [0.25, 0.3) is 0 Å². The van der Waals surface area contributed by atoms with Gasteiger partial charge in [0.15, 0.2) is 0 Å². The lowest BCUT2D eigenvalue weighted by molar-refractivity contribution is -0.183. The van der Waals surface area contributed by atoms with E-state index >= 15 is 0 Å². The summed E-state index contributed by atoms with van der Waals surface area (Å²) in [6.45, 7) is 2.21. The second-order valence-corrected chi connectivity index (χ2v) is 6.30. The predicted octanol–water partition coefficient (Wildman–Crippen LogP) is 4.51. The highest BCUT2D eigenvalue weighted by molar-refractivity contribution is 6.31. The van der Waals surface area contributed by atoms with Crippen LogP contribution in [-0.4, -0.2) is 18.3 Å². The first-order valence-corrected chi connectivity index (χ1v) is 7.45. The summed E-state index contributed by atoms with van der Waals surface area (Å²) in [5.74, 6) is -1.21. The highest BCUT2D eigenvalue weighted by atomic mass is 35.5. The minimum absolute atomic E-state index is 0.118. The highest BCUT2D eigenvalue weighted by Crippen LogP contribution is 2.42. The summed E-state index contributed by atoms with van der Waals surface area (Å²) in [5.41, 5.74) is 7.13. The number of nitrogens with two attached hydrogens (primary N) is 1. The number of anilines is 1. The van der Waals surface area contributed by atoms with E-state index in [2.05, 4.69) is 5.32 Å². The third-order valence-corrected chi connectivity index (χ3v) is 4.78. The lowest BCUT2D eigenvalue weighted by Crippen LogP contribution is -2.49. The Kier molecular flexibility index (Phi) is 4.73. The van der Waals surface area contributed by atoms with Gasteiger partial charge >= 0.3 is 6.18 Å². The highest BCUT2D eigenvalue weighted by Gasteiger charge is 2.45. The molecule has 0 radical (unpaired) electrons. The molecule has 0 heterocycles. The van der Waals surface area contributed by atoms with Crippen LogP contribution in [0.5, 0.6) is 0 Å². The molecule has 0 saturated heterocycles. The van der Waals surface area contributed by atoms with Crippen molar-refractivity contribution < 1.29 is 13.2 Å². The number of rotatable bonds is 3. The summed E-state index contributed by atoms with van der Waals surface area (Å²) in [7, 11) is 0. The minimum atomic E-state index is -4.10. The molecular formula is C15H20ClF3N2. The molecule has 6 heteroatoms. The molecule has 0 spiro atoms. The van der Waals surface area contributed by atoms with Crippen molar-refractivity contribution in [3.8, 4) is 0 Å². The van der Waals surface area contributed by atoms with E-state index in [1.54, 1.807) is 6.07 Å². The molecule has 0 bridgehead atoms. The molecule has 1 saturated carbocycles. The molecule has 118 valence electrons. The van der Waals surface area contributed by atoms with E-state index in [1.165, 1.54) is 0 Å². The molecule has 0 atom stereocenters. The van der Waals surface area contributed by atoms with Crippen molar-refractivity contribution in [1.82, 2.24) is 0 Å². The van der Waals surface area contributed by atoms with Crippen LogP contribution in [0.4, 0.5) is 18.9 Å². The van der Waals surface area contributed by atoms with Crippen molar-refractivity contribution in [3.05, 3.63) is 28.8 Å². The van der Waals surface area contributed by atoms with Gasteiger partial charge in [-0.1, -0.05) is 17.7 Å². The summed E-state index contributed by atoms with van der Waals surface area (Å²) in [4.78, 5) is 0. The topological polar surface area (TPSA) is 38.0 Å². The number of hydrogen-bond acceptors (Lipinski definition) is 2.